The molecule has 0 atom stereocenters. The molecule has 0 saturated carbocycles. The first kappa shape index (κ1) is 18.2. The number of aromatic nitrogens is 3. The summed E-state index contributed by atoms with van der Waals surface area (Å²) in [5.74, 6) is 0.451. The number of hydrogen-bond acceptors (Lipinski definition) is 5. The standard InChI is InChI=1S/C21H20N4O2S/c1-14(2)25-20-16(11-23-25)9-17(12-22-20)24-21(26)15-5-3-6-18(10-15)27-13-19-7-4-8-28-19/h3-12,14H,13H2,1-2H3,(H,24,26). The molecule has 1 N–H and O–H groups in total. The first-order chi connectivity index (χ1) is 13.6. The van der Waals surface area contributed by atoms with Crippen molar-refractivity contribution in [3.8, 4) is 5.75 Å². The maximum Gasteiger partial charge on any atom is 0.255 e. The van der Waals surface area contributed by atoms with Crippen molar-refractivity contribution in [3.05, 3.63) is 70.7 Å². The van der Waals surface area contributed by atoms with Crippen molar-refractivity contribution in [2.24, 2.45) is 0 Å². The molecule has 3 heterocycles. The van der Waals surface area contributed by atoms with Gasteiger partial charge in [0, 0.05) is 21.9 Å². The second kappa shape index (κ2) is 7.82. The molecule has 0 saturated heterocycles. The zero-order chi connectivity index (χ0) is 19.5. The van der Waals surface area contributed by atoms with Gasteiger partial charge in [0.15, 0.2) is 5.65 Å². The van der Waals surface area contributed by atoms with Crippen LogP contribution in [0.1, 0.15) is 35.1 Å². The van der Waals surface area contributed by atoms with Crippen LogP contribution in [0.25, 0.3) is 11.0 Å². The largest absolute Gasteiger partial charge is 0.488 e. The molecular weight excluding hydrogens is 372 g/mol. The molecule has 3 aromatic heterocycles. The van der Waals surface area contributed by atoms with Crippen LogP contribution in [0.5, 0.6) is 5.75 Å². The normalized spacial score (nSPS) is 11.1. The van der Waals surface area contributed by atoms with Crippen LogP contribution in [0.3, 0.4) is 0 Å². The molecule has 0 radical (unpaired) electrons. The van der Waals surface area contributed by atoms with E-state index in [0.29, 0.717) is 23.6 Å². The molecule has 0 spiro atoms. The van der Waals surface area contributed by atoms with E-state index in [0.717, 1.165) is 15.9 Å². The Labute approximate surface area is 166 Å². The van der Waals surface area contributed by atoms with E-state index in [1.807, 2.05) is 40.4 Å². The van der Waals surface area contributed by atoms with Crippen LogP contribution < -0.4 is 10.1 Å². The minimum Gasteiger partial charge on any atom is -0.488 e. The van der Waals surface area contributed by atoms with Crippen molar-refractivity contribution in [1.29, 1.82) is 0 Å². The Hall–Kier alpha value is -3.19. The summed E-state index contributed by atoms with van der Waals surface area (Å²) in [6.45, 7) is 4.60. The Balaban J connectivity index is 1.47. The summed E-state index contributed by atoms with van der Waals surface area (Å²) in [5, 5.41) is 10.1. The second-order valence-electron chi connectivity index (χ2n) is 6.67. The number of carbonyl (C=O) groups excluding carboxylic acids is 1. The summed E-state index contributed by atoms with van der Waals surface area (Å²) in [7, 11) is 0. The Morgan fingerprint density at radius 3 is 2.89 bits per heavy atom. The van der Waals surface area contributed by atoms with Crippen LogP contribution in [0, 0.1) is 0 Å². The Morgan fingerprint density at radius 2 is 2.11 bits per heavy atom. The van der Waals surface area contributed by atoms with Gasteiger partial charge in [-0.05, 0) is 49.6 Å². The number of thiophene rings is 1. The van der Waals surface area contributed by atoms with Crippen LogP contribution in [0.15, 0.2) is 60.2 Å². The van der Waals surface area contributed by atoms with Gasteiger partial charge in [0.05, 0.1) is 18.1 Å². The number of fused-ring (bicyclic) bond motifs is 1. The summed E-state index contributed by atoms with van der Waals surface area (Å²) in [6.07, 6.45) is 3.41. The van der Waals surface area contributed by atoms with E-state index < -0.39 is 0 Å². The lowest BCUT2D eigenvalue weighted by molar-refractivity contribution is 0.102. The van der Waals surface area contributed by atoms with E-state index >= 15 is 0 Å². The van der Waals surface area contributed by atoms with Crippen molar-refractivity contribution >= 4 is 34.0 Å². The van der Waals surface area contributed by atoms with E-state index in [2.05, 4.69) is 29.2 Å². The van der Waals surface area contributed by atoms with Crippen molar-refractivity contribution in [2.45, 2.75) is 26.5 Å². The fourth-order valence-corrected chi connectivity index (χ4v) is 3.48. The van der Waals surface area contributed by atoms with Crippen molar-refractivity contribution in [1.82, 2.24) is 14.8 Å². The van der Waals surface area contributed by atoms with Crippen molar-refractivity contribution in [3.63, 3.8) is 0 Å². The molecule has 4 rings (SSSR count). The molecule has 0 aliphatic heterocycles. The van der Waals surface area contributed by atoms with E-state index in [4.69, 9.17) is 4.74 Å². The molecule has 0 aliphatic carbocycles. The monoisotopic (exact) mass is 392 g/mol. The molecule has 6 nitrogen and oxygen atoms in total. The van der Waals surface area contributed by atoms with Crippen molar-refractivity contribution < 1.29 is 9.53 Å². The van der Waals surface area contributed by atoms with Crippen molar-refractivity contribution in [2.75, 3.05) is 5.32 Å². The third kappa shape index (κ3) is 3.89. The lowest BCUT2D eigenvalue weighted by Crippen LogP contribution is -2.12. The number of pyridine rings is 1. The molecule has 0 bridgehead atoms. The van der Waals surface area contributed by atoms with Gasteiger partial charge in [-0.3, -0.25) is 4.79 Å². The highest BCUT2D eigenvalue weighted by Gasteiger charge is 2.11. The van der Waals surface area contributed by atoms with Gasteiger partial charge in [-0.1, -0.05) is 12.1 Å². The van der Waals surface area contributed by atoms with E-state index in [1.165, 1.54) is 0 Å². The number of ether oxygens (including phenoxy) is 1. The molecule has 28 heavy (non-hydrogen) atoms. The summed E-state index contributed by atoms with van der Waals surface area (Å²) >= 11 is 1.64. The van der Waals surface area contributed by atoms with Gasteiger partial charge in [-0.25, -0.2) is 9.67 Å². The lowest BCUT2D eigenvalue weighted by Gasteiger charge is -2.09. The minimum atomic E-state index is -0.209. The average Bonchev–Trinajstić information content (AvgIpc) is 3.36. The first-order valence-corrected chi connectivity index (χ1v) is 9.88. The predicted molar refractivity (Wildman–Crippen MR) is 111 cm³/mol. The van der Waals surface area contributed by atoms with E-state index in [-0.39, 0.29) is 11.9 Å². The third-order valence-electron chi connectivity index (χ3n) is 4.24. The number of nitrogens with zero attached hydrogens (tertiary/aromatic N) is 3. The molecule has 0 aliphatic rings. The Morgan fingerprint density at radius 1 is 1.21 bits per heavy atom. The number of nitrogens with one attached hydrogen (secondary N) is 1. The second-order valence-corrected chi connectivity index (χ2v) is 7.70. The summed E-state index contributed by atoms with van der Waals surface area (Å²) in [5.41, 5.74) is 1.96. The van der Waals surface area contributed by atoms with Gasteiger partial charge in [-0.2, -0.15) is 5.10 Å². The number of rotatable bonds is 6. The lowest BCUT2D eigenvalue weighted by atomic mass is 10.2. The van der Waals surface area contributed by atoms with Crippen LogP contribution >= 0.6 is 11.3 Å². The Kier molecular flexibility index (Phi) is 5.08. The molecule has 0 unspecified atom stereocenters. The van der Waals surface area contributed by atoms with Gasteiger partial charge in [0.25, 0.3) is 5.91 Å². The smallest absolute Gasteiger partial charge is 0.255 e. The van der Waals surface area contributed by atoms with Gasteiger partial charge >= 0.3 is 0 Å². The highest BCUT2D eigenvalue weighted by atomic mass is 32.1. The number of anilines is 1. The van der Waals surface area contributed by atoms with Crippen LogP contribution in [0.2, 0.25) is 0 Å². The van der Waals surface area contributed by atoms with Gasteiger partial charge in [-0.15, -0.1) is 11.3 Å². The quantitative estimate of drug-likeness (QED) is 0.506. The van der Waals surface area contributed by atoms with Crippen LogP contribution in [-0.4, -0.2) is 20.7 Å². The third-order valence-corrected chi connectivity index (χ3v) is 5.09. The first-order valence-electron chi connectivity index (χ1n) is 9.00. The molecule has 4 aromatic rings. The molecular formula is C21H20N4O2S. The molecule has 7 heteroatoms. The zero-order valence-electron chi connectivity index (χ0n) is 15.6. The van der Waals surface area contributed by atoms with Gasteiger partial charge in [0.1, 0.15) is 12.4 Å². The van der Waals surface area contributed by atoms with Gasteiger partial charge in [0.2, 0.25) is 0 Å². The minimum absolute atomic E-state index is 0.209. The topological polar surface area (TPSA) is 69.0 Å². The molecule has 0 fully saturated rings. The number of hydrogen-bond donors (Lipinski definition) is 1. The number of benzene rings is 1. The van der Waals surface area contributed by atoms with Crippen LogP contribution in [0.4, 0.5) is 5.69 Å². The average molecular weight is 392 g/mol. The maximum absolute atomic E-state index is 12.6. The summed E-state index contributed by atoms with van der Waals surface area (Å²) in [4.78, 5) is 18.2. The predicted octanol–water partition coefficient (Wildman–Crippen LogP) is 4.91. The highest BCUT2D eigenvalue weighted by Crippen LogP contribution is 2.21. The van der Waals surface area contributed by atoms with E-state index in [1.54, 1.807) is 35.9 Å². The van der Waals surface area contributed by atoms with E-state index in [9.17, 15) is 4.79 Å². The molecule has 1 amide bonds. The zero-order valence-corrected chi connectivity index (χ0v) is 16.4. The van der Waals surface area contributed by atoms with Crippen LogP contribution in [-0.2, 0) is 6.61 Å². The number of amides is 1. The number of carbonyl (C=O) groups is 1. The summed E-state index contributed by atoms with van der Waals surface area (Å²) < 4.78 is 7.64. The Bertz CT molecular complexity index is 1100. The SMILES string of the molecule is CC(C)n1ncc2cc(NC(=O)c3cccc(OCc4cccs4)c3)cnc21. The molecule has 1 aromatic carbocycles. The van der Waals surface area contributed by atoms with Gasteiger partial charge < -0.3 is 10.1 Å². The fourth-order valence-electron chi connectivity index (χ4n) is 2.87. The maximum atomic E-state index is 12.6. The fraction of sp³-hybridized carbons (Fsp3) is 0.190. The highest BCUT2D eigenvalue weighted by molar-refractivity contribution is 7.09. The summed E-state index contributed by atoms with van der Waals surface area (Å²) in [6, 6.07) is 13.3. The molecule has 142 valence electrons.